The topological polar surface area (TPSA) is 180 Å². The maximum absolute atomic E-state index is 13.7. The van der Waals surface area contributed by atoms with Crippen LogP contribution in [0.5, 0.6) is 0 Å². The maximum Gasteiger partial charge on any atom is 0.355 e. The van der Waals surface area contributed by atoms with Crippen LogP contribution in [0.3, 0.4) is 0 Å². The van der Waals surface area contributed by atoms with Crippen LogP contribution < -0.4 is 16.6 Å². The van der Waals surface area contributed by atoms with Gasteiger partial charge in [-0.2, -0.15) is 0 Å². The zero-order valence-corrected chi connectivity index (χ0v) is 24.2. The number of aliphatic carboxylic acids is 1. The van der Waals surface area contributed by atoms with Crippen LogP contribution in [0.2, 0.25) is 0 Å². The molecule has 3 atom stereocenters. The Morgan fingerprint density at radius 3 is 2.65 bits per heavy atom. The molecule has 0 bridgehead atoms. The van der Waals surface area contributed by atoms with Gasteiger partial charge in [0.15, 0.2) is 0 Å². The highest BCUT2D eigenvalue weighted by molar-refractivity contribution is 5.89. The molecule has 2 aliphatic rings. The Bertz CT molecular complexity index is 1700. The summed E-state index contributed by atoms with van der Waals surface area (Å²) in [6.07, 6.45) is -0.399. The average Bonchev–Trinajstić information content (AvgIpc) is 3.32. The zero-order chi connectivity index (χ0) is 31.1. The molecule has 1 amide bonds. The minimum absolute atomic E-state index is 0.0331. The van der Waals surface area contributed by atoms with Crippen LogP contribution >= 0.6 is 0 Å². The van der Waals surface area contributed by atoms with E-state index in [9.17, 15) is 29.1 Å². The van der Waals surface area contributed by atoms with Crippen molar-refractivity contribution in [1.82, 2.24) is 14.9 Å². The molecule has 12 heteroatoms. The number of nitrogens with zero attached hydrogens (tertiary/aromatic N) is 2. The number of aromatic nitrogens is 2. The molecule has 0 fully saturated rings. The molecule has 226 valence electrons. The highest BCUT2D eigenvalue weighted by Gasteiger charge is 2.50. The fourth-order valence-electron chi connectivity index (χ4n) is 5.74. The van der Waals surface area contributed by atoms with E-state index in [1.165, 1.54) is 0 Å². The molecule has 2 aromatic heterocycles. The van der Waals surface area contributed by atoms with Crippen molar-refractivity contribution in [3.63, 3.8) is 0 Å². The maximum atomic E-state index is 13.7. The van der Waals surface area contributed by atoms with Gasteiger partial charge in [0.2, 0.25) is 11.5 Å². The van der Waals surface area contributed by atoms with E-state index in [4.69, 9.17) is 20.2 Å². The fourth-order valence-corrected chi connectivity index (χ4v) is 5.74. The van der Waals surface area contributed by atoms with E-state index in [1.54, 1.807) is 17.6 Å². The highest BCUT2D eigenvalue weighted by atomic mass is 16.6. The van der Waals surface area contributed by atoms with Crippen molar-refractivity contribution >= 4 is 34.7 Å². The summed E-state index contributed by atoms with van der Waals surface area (Å²) in [6, 6.07) is 8.93. The Labute approximate surface area is 247 Å². The quantitative estimate of drug-likeness (QED) is 0.232. The number of amides is 1. The number of pyridine rings is 2. The summed E-state index contributed by atoms with van der Waals surface area (Å²) in [6.45, 7) is 5.42. The first-order valence-corrected chi connectivity index (χ1v) is 14.3. The van der Waals surface area contributed by atoms with Gasteiger partial charge in [0.25, 0.3) is 5.56 Å². The molecule has 0 aliphatic carbocycles. The molecule has 2 aliphatic heterocycles. The number of para-hydroxylation sites is 1. The van der Waals surface area contributed by atoms with Gasteiger partial charge in [-0.05, 0) is 43.4 Å². The first kappa shape index (κ1) is 29.9. The Balaban J connectivity index is 1.42. The average molecular weight is 591 g/mol. The second-order valence-corrected chi connectivity index (χ2v) is 11.4. The van der Waals surface area contributed by atoms with Gasteiger partial charge in [-0.25, -0.2) is 14.6 Å². The summed E-state index contributed by atoms with van der Waals surface area (Å²) < 4.78 is 12.7. The Morgan fingerprint density at radius 1 is 1.21 bits per heavy atom. The van der Waals surface area contributed by atoms with Crippen LogP contribution in [0.4, 0.5) is 0 Å². The standard InChI is InChI=1S/C31H34N4O8/c1-4-31(43-25(36)10-9-23(29(39)40)34-27(37)21(32)11-16(2)3)20-13-24-26-18(12-17-7-5-6-8-22(17)33-26)14-35(24)28(38)19(20)15-42-30(31)41/h5-8,12-13,16,21,23H,4,9-11,14-15,32H2,1-3H3,(H,34,37)(H,39,40)/t21-,23-,31+/m1/s1. The second-order valence-electron chi connectivity index (χ2n) is 11.4. The number of nitrogens with two attached hydrogens (primary N) is 1. The number of carboxylic acids is 1. The van der Waals surface area contributed by atoms with Crippen LogP contribution in [-0.2, 0) is 47.4 Å². The van der Waals surface area contributed by atoms with Gasteiger partial charge in [0.1, 0.15) is 12.6 Å². The Morgan fingerprint density at radius 2 is 1.95 bits per heavy atom. The third kappa shape index (κ3) is 5.50. The molecule has 1 aromatic carbocycles. The monoisotopic (exact) mass is 590 g/mol. The van der Waals surface area contributed by atoms with Crippen LogP contribution in [0.15, 0.2) is 41.2 Å². The summed E-state index contributed by atoms with van der Waals surface area (Å²) in [5.41, 5.74) is 6.70. The minimum atomic E-state index is -1.92. The molecule has 0 unspecified atom stereocenters. The number of benzene rings is 1. The third-order valence-electron chi connectivity index (χ3n) is 7.99. The molecule has 0 saturated heterocycles. The molecule has 4 heterocycles. The molecule has 0 radical (unpaired) electrons. The van der Waals surface area contributed by atoms with Crippen molar-refractivity contribution in [2.24, 2.45) is 11.7 Å². The van der Waals surface area contributed by atoms with Gasteiger partial charge in [0.05, 0.1) is 35.1 Å². The molecule has 3 aromatic rings. The van der Waals surface area contributed by atoms with E-state index in [1.807, 2.05) is 44.2 Å². The number of carboxylic acid groups (broad SMARTS) is 1. The van der Waals surface area contributed by atoms with E-state index < -0.39 is 47.9 Å². The van der Waals surface area contributed by atoms with E-state index in [2.05, 4.69) is 5.32 Å². The second kappa shape index (κ2) is 11.6. The predicted molar refractivity (Wildman–Crippen MR) is 155 cm³/mol. The molecule has 12 nitrogen and oxygen atoms in total. The SMILES string of the molecule is CC[C@@]1(OC(=O)CC[C@@H](NC(=O)[C@H](N)CC(C)C)C(=O)O)C(=O)OCc2c1cc1n(c2=O)Cc2cc3ccccc3nc2-1. The number of carbonyl (C=O) groups is 4. The summed E-state index contributed by atoms with van der Waals surface area (Å²) in [5.74, 6) is -3.57. The number of fused-ring (bicyclic) bond motifs is 5. The van der Waals surface area contributed by atoms with E-state index in [0.717, 1.165) is 16.5 Å². The first-order valence-electron chi connectivity index (χ1n) is 14.3. The van der Waals surface area contributed by atoms with Crippen molar-refractivity contribution in [2.75, 3.05) is 0 Å². The van der Waals surface area contributed by atoms with Gasteiger partial charge in [-0.3, -0.25) is 14.4 Å². The van der Waals surface area contributed by atoms with Crippen LogP contribution in [0, 0.1) is 5.92 Å². The number of nitrogens with one attached hydrogen (secondary N) is 1. The number of hydrogen-bond donors (Lipinski definition) is 3. The Hall–Kier alpha value is -4.58. The summed E-state index contributed by atoms with van der Waals surface area (Å²) in [7, 11) is 0. The number of cyclic esters (lactones) is 1. The molecule has 5 rings (SSSR count). The number of ether oxygens (including phenoxy) is 2. The molecular weight excluding hydrogens is 556 g/mol. The van der Waals surface area contributed by atoms with Crippen molar-refractivity contribution in [1.29, 1.82) is 0 Å². The predicted octanol–water partition coefficient (Wildman–Crippen LogP) is 2.35. The smallest absolute Gasteiger partial charge is 0.355 e. The lowest BCUT2D eigenvalue weighted by Gasteiger charge is -2.35. The molecule has 0 saturated carbocycles. The van der Waals surface area contributed by atoms with Gasteiger partial charge in [0, 0.05) is 22.9 Å². The fraction of sp³-hybridized carbons (Fsp3) is 0.419. The first-order chi connectivity index (χ1) is 20.4. The van der Waals surface area contributed by atoms with Crippen LogP contribution in [0.25, 0.3) is 22.3 Å². The summed E-state index contributed by atoms with van der Waals surface area (Å²) >= 11 is 0. The largest absolute Gasteiger partial charge is 0.480 e. The zero-order valence-electron chi connectivity index (χ0n) is 24.2. The number of esters is 2. The van der Waals surface area contributed by atoms with Crippen molar-refractivity contribution in [3.8, 4) is 11.4 Å². The Kier molecular flexibility index (Phi) is 8.06. The van der Waals surface area contributed by atoms with Crippen LogP contribution in [0.1, 0.15) is 63.1 Å². The van der Waals surface area contributed by atoms with Gasteiger partial charge in [-0.15, -0.1) is 0 Å². The number of hydrogen-bond acceptors (Lipinski definition) is 9. The summed E-state index contributed by atoms with van der Waals surface area (Å²) in [4.78, 5) is 69.0. The highest BCUT2D eigenvalue weighted by Crippen LogP contribution is 2.41. The van der Waals surface area contributed by atoms with E-state index in [-0.39, 0.29) is 42.1 Å². The van der Waals surface area contributed by atoms with Gasteiger partial charge in [-0.1, -0.05) is 39.0 Å². The van der Waals surface area contributed by atoms with Gasteiger partial charge >= 0.3 is 17.9 Å². The normalized spacial score (nSPS) is 18.3. The number of carbonyl (C=O) groups excluding carboxylic acids is 3. The minimum Gasteiger partial charge on any atom is -0.480 e. The van der Waals surface area contributed by atoms with Gasteiger partial charge < -0.3 is 30.2 Å². The molecule has 4 N–H and O–H groups in total. The van der Waals surface area contributed by atoms with Crippen molar-refractivity contribution in [3.05, 3.63) is 63.4 Å². The van der Waals surface area contributed by atoms with E-state index >= 15 is 0 Å². The molecule has 0 spiro atoms. The summed E-state index contributed by atoms with van der Waals surface area (Å²) in [5, 5.41) is 12.9. The lowest BCUT2D eigenvalue weighted by molar-refractivity contribution is -0.189. The lowest BCUT2D eigenvalue weighted by atomic mass is 9.85. The van der Waals surface area contributed by atoms with Crippen molar-refractivity contribution in [2.45, 2.75) is 77.3 Å². The van der Waals surface area contributed by atoms with E-state index in [0.29, 0.717) is 24.4 Å². The molecular formula is C31H34N4O8. The van der Waals surface area contributed by atoms with Crippen molar-refractivity contribution < 1.29 is 33.8 Å². The molecule has 43 heavy (non-hydrogen) atoms. The third-order valence-corrected chi connectivity index (χ3v) is 7.99. The number of rotatable bonds is 10. The van der Waals surface area contributed by atoms with Crippen LogP contribution in [-0.4, -0.2) is 50.6 Å². The lowest BCUT2D eigenvalue weighted by Crippen LogP contribution is -2.49.